The first-order valence-corrected chi connectivity index (χ1v) is 7.37. The summed E-state index contributed by atoms with van der Waals surface area (Å²) in [5.41, 5.74) is 2.51. The highest BCUT2D eigenvalue weighted by molar-refractivity contribution is 9.10. The van der Waals surface area contributed by atoms with Gasteiger partial charge in [0.15, 0.2) is 0 Å². The number of aromatic nitrogens is 2. The van der Waals surface area contributed by atoms with E-state index in [1.165, 1.54) is 0 Å². The Morgan fingerprint density at radius 1 is 1.47 bits per heavy atom. The predicted octanol–water partition coefficient (Wildman–Crippen LogP) is 4.10. The van der Waals surface area contributed by atoms with Crippen molar-refractivity contribution in [1.82, 2.24) is 9.78 Å². The number of hydrogen-bond donors (Lipinski definition) is 1. The van der Waals surface area contributed by atoms with Gasteiger partial charge in [-0.25, -0.2) is 0 Å². The molecule has 19 heavy (non-hydrogen) atoms. The fourth-order valence-corrected chi connectivity index (χ4v) is 2.73. The van der Waals surface area contributed by atoms with Crippen LogP contribution in [0.5, 0.6) is 0 Å². The van der Waals surface area contributed by atoms with E-state index >= 15 is 0 Å². The molecule has 1 aromatic carbocycles. The van der Waals surface area contributed by atoms with Gasteiger partial charge in [-0.3, -0.25) is 4.68 Å². The van der Waals surface area contributed by atoms with Crippen LogP contribution in [0.4, 0.5) is 0 Å². The topological polar surface area (TPSA) is 38.0 Å². The third kappa shape index (κ3) is 2.86. The normalized spacial score (nSPS) is 12.7. The number of rotatable bonds is 4. The molecule has 0 spiro atoms. The van der Waals surface area contributed by atoms with Gasteiger partial charge in [-0.1, -0.05) is 46.6 Å². The Hall–Kier alpha value is -0.840. The number of halogens is 2. The van der Waals surface area contributed by atoms with Crippen molar-refractivity contribution in [3.05, 3.63) is 50.7 Å². The van der Waals surface area contributed by atoms with Crippen LogP contribution < -0.4 is 0 Å². The Morgan fingerprint density at radius 2 is 2.21 bits per heavy atom. The van der Waals surface area contributed by atoms with Crippen LogP contribution in [-0.2, 0) is 6.54 Å². The first-order chi connectivity index (χ1) is 9.06. The molecule has 0 aliphatic rings. The molecule has 1 heterocycles. The molecule has 1 unspecified atom stereocenters. The number of aliphatic hydroxyl groups excluding tert-OH is 1. The molecule has 1 atom stereocenters. The van der Waals surface area contributed by atoms with Crippen LogP contribution in [0.3, 0.4) is 0 Å². The SMILES string of the molecule is CCCn1ncc(Cl)c1C(O)c1cccc(Br)c1C. The lowest BCUT2D eigenvalue weighted by Gasteiger charge is -2.17. The van der Waals surface area contributed by atoms with Gasteiger partial charge in [0, 0.05) is 11.0 Å². The first kappa shape index (κ1) is 14.6. The van der Waals surface area contributed by atoms with Crippen LogP contribution in [-0.4, -0.2) is 14.9 Å². The van der Waals surface area contributed by atoms with Gasteiger partial charge in [-0.05, 0) is 30.5 Å². The second-order valence-corrected chi connectivity index (χ2v) is 5.72. The van der Waals surface area contributed by atoms with Gasteiger partial charge in [0.25, 0.3) is 0 Å². The Morgan fingerprint density at radius 3 is 2.89 bits per heavy atom. The summed E-state index contributed by atoms with van der Waals surface area (Å²) >= 11 is 9.64. The van der Waals surface area contributed by atoms with Crippen molar-refractivity contribution >= 4 is 27.5 Å². The second-order valence-electron chi connectivity index (χ2n) is 4.46. The van der Waals surface area contributed by atoms with E-state index in [0.717, 1.165) is 28.6 Å². The van der Waals surface area contributed by atoms with Gasteiger partial charge in [0.2, 0.25) is 0 Å². The van der Waals surface area contributed by atoms with E-state index in [4.69, 9.17) is 11.6 Å². The van der Waals surface area contributed by atoms with Crippen molar-refractivity contribution in [3.63, 3.8) is 0 Å². The molecule has 0 fully saturated rings. The number of nitrogens with zero attached hydrogens (tertiary/aromatic N) is 2. The molecule has 1 N–H and O–H groups in total. The van der Waals surface area contributed by atoms with Crippen molar-refractivity contribution in [2.45, 2.75) is 32.9 Å². The Labute approximate surface area is 126 Å². The van der Waals surface area contributed by atoms with Crippen molar-refractivity contribution in [2.75, 3.05) is 0 Å². The van der Waals surface area contributed by atoms with E-state index in [1.807, 2.05) is 25.1 Å². The zero-order valence-electron chi connectivity index (χ0n) is 10.9. The number of hydrogen-bond acceptors (Lipinski definition) is 2. The zero-order valence-corrected chi connectivity index (χ0v) is 13.2. The molecule has 0 aliphatic carbocycles. The van der Waals surface area contributed by atoms with Crippen LogP contribution in [0, 0.1) is 6.92 Å². The van der Waals surface area contributed by atoms with Crippen LogP contribution in [0.25, 0.3) is 0 Å². The number of aliphatic hydroxyl groups is 1. The fourth-order valence-electron chi connectivity index (χ4n) is 2.10. The number of aryl methyl sites for hydroxylation is 1. The maximum absolute atomic E-state index is 10.6. The van der Waals surface area contributed by atoms with Crippen LogP contribution in [0.1, 0.15) is 36.3 Å². The van der Waals surface area contributed by atoms with E-state index in [9.17, 15) is 5.11 Å². The Bertz CT molecular complexity index is 583. The van der Waals surface area contributed by atoms with Gasteiger partial charge in [-0.2, -0.15) is 5.10 Å². The molecule has 0 aliphatic heterocycles. The molecule has 3 nitrogen and oxygen atoms in total. The molecular weight excluding hydrogens is 328 g/mol. The van der Waals surface area contributed by atoms with E-state index < -0.39 is 6.10 Å². The minimum atomic E-state index is -0.765. The van der Waals surface area contributed by atoms with E-state index in [2.05, 4.69) is 28.0 Å². The highest BCUT2D eigenvalue weighted by atomic mass is 79.9. The lowest BCUT2D eigenvalue weighted by atomic mass is 10.0. The van der Waals surface area contributed by atoms with Gasteiger partial charge in [-0.15, -0.1) is 0 Å². The van der Waals surface area contributed by atoms with E-state index in [1.54, 1.807) is 10.9 Å². The standard InChI is InChI=1S/C14H16BrClN2O/c1-3-7-18-13(12(16)8-17-18)14(19)10-5-4-6-11(15)9(10)2/h4-6,8,14,19H,3,7H2,1-2H3. The monoisotopic (exact) mass is 342 g/mol. The summed E-state index contributed by atoms with van der Waals surface area (Å²) < 4.78 is 2.74. The Kier molecular flexibility index (Phi) is 4.66. The third-order valence-electron chi connectivity index (χ3n) is 3.13. The lowest BCUT2D eigenvalue weighted by Crippen LogP contribution is -2.11. The smallest absolute Gasteiger partial charge is 0.122 e. The molecule has 2 rings (SSSR count). The van der Waals surface area contributed by atoms with Crippen LogP contribution >= 0.6 is 27.5 Å². The average molecular weight is 344 g/mol. The average Bonchev–Trinajstić information content (AvgIpc) is 2.74. The summed E-state index contributed by atoms with van der Waals surface area (Å²) in [7, 11) is 0. The summed E-state index contributed by atoms with van der Waals surface area (Å²) in [4.78, 5) is 0. The molecule has 0 saturated carbocycles. The summed E-state index contributed by atoms with van der Waals surface area (Å²) in [6, 6.07) is 5.77. The quantitative estimate of drug-likeness (QED) is 0.907. The summed E-state index contributed by atoms with van der Waals surface area (Å²) in [6.07, 6.45) is 1.76. The van der Waals surface area contributed by atoms with Crippen molar-refractivity contribution in [2.24, 2.45) is 0 Å². The number of benzene rings is 1. The van der Waals surface area contributed by atoms with Crippen molar-refractivity contribution in [3.8, 4) is 0 Å². The predicted molar refractivity (Wildman–Crippen MR) is 80.5 cm³/mol. The molecular formula is C14H16BrClN2O. The molecule has 2 aromatic rings. The third-order valence-corrected chi connectivity index (χ3v) is 4.28. The summed E-state index contributed by atoms with van der Waals surface area (Å²) in [5, 5.41) is 15.3. The lowest BCUT2D eigenvalue weighted by molar-refractivity contribution is 0.206. The van der Waals surface area contributed by atoms with Gasteiger partial charge in [0.05, 0.1) is 16.9 Å². The first-order valence-electron chi connectivity index (χ1n) is 6.20. The highest BCUT2D eigenvalue weighted by Crippen LogP contribution is 2.32. The molecule has 102 valence electrons. The van der Waals surface area contributed by atoms with E-state index in [0.29, 0.717) is 10.7 Å². The van der Waals surface area contributed by atoms with Crippen molar-refractivity contribution in [1.29, 1.82) is 0 Å². The minimum Gasteiger partial charge on any atom is -0.382 e. The Balaban J connectivity index is 2.46. The van der Waals surface area contributed by atoms with Gasteiger partial charge in [0.1, 0.15) is 6.10 Å². The molecule has 0 saturated heterocycles. The largest absolute Gasteiger partial charge is 0.382 e. The van der Waals surface area contributed by atoms with Crippen LogP contribution in [0.15, 0.2) is 28.9 Å². The highest BCUT2D eigenvalue weighted by Gasteiger charge is 2.21. The van der Waals surface area contributed by atoms with E-state index in [-0.39, 0.29) is 0 Å². The van der Waals surface area contributed by atoms with Gasteiger partial charge >= 0.3 is 0 Å². The van der Waals surface area contributed by atoms with Crippen LogP contribution in [0.2, 0.25) is 5.02 Å². The molecule has 0 radical (unpaired) electrons. The fraction of sp³-hybridized carbons (Fsp3) is 0.357. The summed E-state index contributed by atoms with van der Waals surface area (Å²) in [6.45, 7) is 4.78. The second kappa shape index (κ2) is 6.07. The molecule has 5 heteroatoms. The summed E-state index contributed by atoms with van der Waals surface area (Å²) in [5.74, 6) is 0. The zero-order chi connectivity index (χ0) is 14.0. The molecule has 0 amide bonds. The molecule has 0 bridgehead atoms. The maximum atomic E-state index is 10.6. The van der Waals surface area contributed by atoms with Crippen molar-refractivity contribution < 1.29 is 5.11 Å². The molecule has 1 aromatic heterocycles. The minimum absolute atomic E-state index is 0.500. The maximum Gasteiger partial charge on any atom is 0.122 e. The van der Waals surface area contributed by atoms with Gasteiger partial charge < -0.3 is 5.11 Å².